The minimum absolute atomic E-state index is 0.266. The molecule has 1 aliphatic rings. The van der Waals surface area contributed by atoms with Crippen molar-refractivity contribution < 1.29 is 4.79 Å². The lowest BCUT2D eigenvalue weighted by Crippen LogP contribution is -2.39. The van der Waals surface area contributed by atoms with E-state index >= 15 is 0 Å². The second-order valence-electron chi connectivity index (χ2n) is 8.10. The lowest BCUT2D eigenvalue weighted by Gasteiger charge is -2.33. The zero-order valence-electron chi connectivity index (χ0n) is 17.6. The summed E-state index contributed by atoms with van der Waals surface area (Å²) < 4.78 is 0. The van der Waals surface area contributed by atoms with Crippen molar-refractivity contribution >= 4 is 11.6 Å². The van der Waals surface area contributed by atoms with E-state index in [0.29, 0.717) is 12.3 Å². The van der Waals surface area contributed by atoms with E-state index in [9.17, 15) is 4.79 Å². The number of rotatable bonds is 7. The molecule has 1 saturated heterocycles. The quantitative estimate of drug-likeness (QED) is 0.623. The molecule has 4 rings (SSSR count). The number of anilines is 1. The number of nitrogens with zero attached hydrogens (tertiary/aromatic N) is 3. The van der Waals surface area contributed by atoms with E-state index in [1.54, 1.807) is 0 Å². The van der Waals surface area contributed by atoms with Gasteiger partial charge in [-0.25, -0.2) is 0 Å². The zero-order chi connectivity index (χ0) is 20.8. The van der Waals surface area contributed by atoms with Crippen LogP contribution in [0.15, 0.2) is 66.9 Å². The monoisotopic (exact) mass is 402 g/mol. The number of carbonyl (C=O) groups is 1. The van der Waals surface area contributed by atoms with Gasteiger partial charge in [0.15, 0.2) is 0 Å². The minimum Gasteiger partial charge on any atom is -0.375 e. The summed E-state index contributed by atoms with van der Waals surface area (Å²) in [5, 5.41) is 7.52. The molecule has 0 unspecified atom stereocenters. The molecule has 2 aromatic carbocycles. The Labute approximate surface area is 178 Å². The number of H-pyrrole nitrogens is 1. The molecule has 5 heteroatoms. The van der Waals surface area contributed by atoms with Crippen molar-refractivity contribution in [2.75, 3.05) is 31.6 Å². The predicted octanol–water partition coefficient (Wildman–Crippen LogP) is 4.70. The third-order valence-corrected chi connectivity index (χ3v) is 6.02. The molecule has 156 valence electrons. The fourth-order valence-corrected chi connectivity index (χ4v) is 4.33. The Morgan fingerprint density at radius 3 is 2.63 bits per heavy atom. The molecule has 0 spiro atoms. The van der Waals surface area contributed by atoms with Gasteiger partial charge in [-0.3, -0.25) is 9.89 Å². The van der Waals surface area contributed by atoms with E-state index in [1.165, 1.54) is 11.3 Å². The van der Waals surface area contributed by atoms with Gasteiger partial charge in [-0.05, 0) is 37.0 Å². The molecule has 1 aliphatic heterocycles. The smallest absolute Gasteiger partial charge is 0.222 e. The molecule has 1 fully saturated rings. The number of hydrogen-bond acceptors (Lipinski definition) is 3. The summed E-state index contributed by atoms with van der Waals surface area (Å²) in [6.45, 7) is 2.51. The fraction of sp³-hybridized carbons (Fsp3) is 0.360. The van der Waals surface area contributed by atoms with Crippen molar-refractivity contribution in [1.82, 2.24) is 15.1 Å². The van der Waals surface area contributed by atoms with E-state index in [0.717, 1.165) is 50.2 Å². The Kier molecular flexibility index (Phi) is 6.47. The second kappa shape index (κ2) is 9.61. The maximum atomic E-state index is 12.9. The molecular weight excluding hydrogens is 372 g/mol. The third kappa shape index (κ3) is 4.73. The summed E-state index contributed by atoms with van der Waals surface area (Å²) in [7, 11) is 2.08. The summed E-state index contributed by atoms with van der Waals surface area (Å²) in [4.78, 5) is 17.1. The highest BCUT2D eigenvalue weighted by molar-refractivity contribution is 5.76. The molecule has 2 heterocycles. The van der Waals surface area contributed by atoms with Crippen LogP contribution < -0.4 is 4.90 Å². The lowest BCUT2D eigenvalue weighted by molar-refractivity contribution is -0.132. The van der Waals surface area contributed by atoms with Crippen LogP contribution in [-0.4, -0.2) is 47.7 Å². The molecular formula is C25H30N4O. The van der Waals surface area contributed by atoms with Gasteiger partial charge in [-0.1, -0.05) is 48.5 Å². The van der Waals surface area contributed by atoms with Crippen LogP contribution in [0.5, 0.6) is 0 Å². The van der Waals surface area contributed by atoms with E-state index in [-0.39, 0.29) is 5.91 Å². The second-order valence-corrected chi connectivity index (χ2v) is 8.10. The highest BCUT2D eigenvalue weighted by Crippen LogP contribution is 2.33. The van der Waals surface area contributed by atoms with Crippen LogP contribution in [0.25, 0.3) is 11.1 Å². The molecule has 0 saturated carbocycles. The number of aromatic amines is 1. The van der Waals surface area contributed by atoms with Gasteiger partial charge in [0.1, 0.15) is 0 Å². The van der Waals surface area contributed by atoms with E-state index in [4.69, 9.17) is 0 Å². The summed E-state index contributed by atoms with van der Waals surface area (Å²) >= 11 is 0. The van der Waals surface area contributed by atoms with Crippen LogP contribution in [0.4, 0.5) is 5.69 Å². The Morgan fingerprint density at radius 1 is 1.13 bits per heavy atom. The number of aromatic nitrogens is 2. The molecule has 0 bridgehead atoms. The van der Waals surface area contributed by atoms with Crippen LogP contribution in [0.1, 0.15) is 37.3 Å². The van der Waals surface area contributed by atoms with Crippen molar-refractivity contribution in [1.29, 1.82) is 0 Å². The van der Waals surface area contributed by atoms with E-state index in [2.05, 4.69) is 58.5 Å². The zero-order valence-corrected chi connectivity index (χ0v) is 17.6. The van der Waals surface area contributed by atoms with Gasteiger partial charge < -0.3 is 9.80 Å². The van der Waals surface area contributed by atoms with Crippen molar-refractivity contribution in [3.05, 3.63) is 72.6 Å². The first-order valence-electron chi connectivity index (χ1n) is 10.8. The molecule has 1 N–H and O–H groups in total. The van der Waals surface area contributed by atoms with Gasteiger partial charge in [-0.2, -0.15) is 5.10 Å². The Hall–Kier alpha value is -3.08. The summed E-state index contributed by atoms with van der Waals surface area (Å²) in [6.07, 6.45) is 5.49. The number of amides is 1. The van der Waals surface area contributed by atoms with Gasteiger partial charge in [-0.15, -0.1) is 0 Å². The molecule has 0 radical (unpaired) electrons. The Bertz CT molecular complexity index is 938. The SMILES string of the molecule is CN(CCCC(=O)N1CCC[C@@H](c2[nH]ncc2-c2ccccc2)C1)c1ccccc1. The van der Waals surface area contributed by atoms with E-state index < -0.39 is 0 Å². The molecule has 5 nitrogen and oxygen atoms in total. The minimum atomic E-state index is 0.266. The van der Waals surface area contributed by atoms with Gasteiger partial charge in [0, 0.05) is 56.0 Å². The van der Waals surface area contributed by atoms with Crippen molar-refractivity contribution in [3.8, 4) is 11.1 Å². The normalized spacial score (nSPS) is 16.4. The van der Waals surface area contributed by atoms with Crippen molar-refractivity contribution in [2.45, 2.75) is 31.6 Å². The molecule has 0 aliphatic carbocycles. The summed E-state index contributed by atoms with van der Waals surface area (Å²) in [6, 6.07) is 20.7. The average Bonchev–Trinajstić information content (AvgIpc) is 3.30. The van der Waals surface area contributed by atoms with Crippen LogP contribution >= 0.6 is 0 Å². The lowest BCUT2D eigenvalue weighted by atomic mass is 9.90. The molecule has 1 amide bonds. The standard InChI is InChI=1S/C25H30N4O/c1-28(22-13-6-3-7-14-22)16-9-15-24(30)29-17-8-12-21(19-29)25-23(18-26-27-25)20-10-4-2-5-11-20/h2-7,10-11,13-14,18,21H,8-9,12,15-17,19H2,1H3,(H,26,27)/t21-/m1/s1. The molecule has 30 heavy (non-hydrogen) atoms. The first kappa shape index (κ1) is 20.2. The number of carbonyl (C=O) groups excluding carboxylic acids is 1. The first-order valence-corrected chi connectivity index (χ1v) is 10.8. The van der Waals surface area contributed by atoms with Gasteiger partial charge in [0.25, 0.3) is 0 Å². The molecule has 1 atom stereocenters. The Morgan fingerprint density at radius 2 is 1.87 bits per heavy atom. The number of piperidine rings is 1. The predicted molar refractivity (Wildman–Crippen MR) is 122 cm³/mol. The van der Waals surface area contributed by atoms with Crippen LogP contribution in [0, 0.1) is 0 Å². The summed E-state index contributed by atoms with van der Waals surface area (Å²) in [5.74, 6) is 0.578. The number of benzene rings is 2. The Balaban J connectivity index is 1.33. The van der Waals surface area contributed by atoms with Crippen molar-refractivity contribution in [3.63, 3.8) is 0 Å². The fourth-order valence-electron chi connectivity index (χ4n) is 4.33. The molecule has 3 aromatic rings. The number of likely N-dealkylation sites (tertiary alicyclic amines) is 1. The van der Waals surface area contributed by atoms with Crippen LogP contribution in [0.3, 0.4) is 0 Å². The number of nitrogens with one attached hydrogen (secondary N) is 1. The maximum Gasteiger partial charge on any atom is 0.222 e. The topological polar surface area (TPSA) is 52.2 Å². The van der Waals surface area contributed by atoms with Gasteiger partial charge >= 0.3 is 0 Å². The largest absolute Gasteiger partial charge is 0.375 e. The number of hydrogen-bond donors (Lipinski definition) is 1. The summed E-state index contributed by atoms with van der Waals surface area (Å²) in [5.41, 5.74) is 4.67. The van der Waals surface area contributed by atoms with E-state index in [1.807, 2.05) is 35.4 Å². The van der Waals surface area contributed by atoms with Gasteiger partial charge in [0.2, 0.25) is 5.91 Å². The van der Waals surface area contributed by atoms with Crippen molar-refractivity contribution in [2.24, 2.45) is 0 Å². The highest BCUT2D eigenvalue weighted by Gasteiger charge is 2.27. The average molecular weight is 403 g/mol. The maximum absolute atomic E-state index is 12.9. The first-order chi connectivity index (χ1) is 14.7. The van der Waals surface area contributed by atoms with Crippen LogP contribution in [0.2, 0.25) is 0 Å². The van der Waals surface area contributed by atoms with Crippen LogP contribution in [-0.2, 0) is 4.79 Å². The van der Waals surface area contributed by atoms with Gasteiger partial charge in [0.05, 0.1) is 6.20 Å². The third-order valence-electron chi connectivity index (χ3n) is 6.02. The molecule has 1 aromatic heterocycles. The highest BCUT2D eigenvalue weighted by atomic mass is 16.2. The number of para-hydroxylation sites is 1.